The molecule has 0 aromatic carbocycles. The second-order valence-electron chi connectivity index (χ2n) is 1.43. The van der Waals surface area contributed by atoms with Crippen LogP contribution in [0.1, 0.15) is 6.42 Å². The summed E-state index contributed by atoms with van der Waals surface area (Å²) < 4.78 is 0. The van der Waals surface area contributed by atoms with Gasteiger partial charge in [-0.05, 0) is 0 Å². The molecule has 6 heteroatoms. The van der Waals surface area contributed by atoms with Gasteiger partial charge >= 0.3 is 74.9 Å². The van der Waals surface area contributed by atoms with Gasteiger partial charge in [0.25, 0.3) is 0 Å². The average Bonchev–Trinajstić information content (AvgIpc) is 1.63. The van der Waals surface area contributed by atoms with E-state index in [1.807, 2.05) is 0 Å². The fourth-order valence-electron chi connectivity index (χ4n) is 0.249. The fraction of sp³-hybridized carbons (Fsp3) is 0.500. The van der Waals surface area contributed by atoms with E-state index < -0.39 is 24.5 Å². The molecule has 52 valence electrons. The van der Waals surface area contributed by atoms with Gasteiger partial charge in [0.1, 0.15) is 6.10 Å². The molecule has 5 nitrogen and oxygen atoms in total. The topological polar surface area (TPSA) is 97.7 Å². The molecule has 0 fully saturated rings. The maximum Gasteiger partial charge on any atom is 1.00 e. The standard InChI is InChI=1S/C4H6O5.Cs/c5-2(4(8)9)1-3(6)7;/h2,5H,1H2,(H,6,7)(H,8,9);/q;+1/p-1. The molecule has 0 aliphatic rings. The molecule has 0 spiro atoms. The smallest absolute Gasteiger partial charge is 0.547 e. The first-order chi connectivity index (χ1) is 4.04. The molecule has 0 heterocycles. The molecule has 1 unspecified atom stereocenters. The van der Waals surface area contributed by atoms with Gasteiger partial charge in [-0.25, -0.2) is 0 Å². The van der Waals surface area contributed by atoms with Crippen LogP contribution in [0.3, 0.4) is 0 Å². The maximum atomic E-state index is 9.66. The Kier molecular flexibility index (Phi) is 9.00. The first-order valence-corrected chi connectivity index (χ1v) is 2.14. The van der Waals surface area contributed by atoms with Crippen molar-refractivity contribution in [1.29, 1.82) is 0 Å². The van der Waals surface area contributed by atoms with Crippen molar-refractivity contribution in [3.8, 4) is 0 Å². The molecule has 0 aliphatic heterocycles. The molecule has 10 heavy (non-hydrogen) atoms. The Labute approximate surface area is 116 Å². The van der Waals surface area contributed by atoms with E-state index in [-0.39, 0.29) is 68.9 Å². The van der Waals surface area contributed by atoms with E-state index in [1.165, 1.54) is 0 Å². The van der Waals surface area contributed by atoms with E-state index in [0.717, 1.165) is 0 Å². The molecular formula is C4H5CsO5. The Balaban J connectivity index is 0. The van der Waals surface area contributed by atoms with Crippen LogP contribution in [0.15, 0.2) is 0 Å². The first kappa shape index (κ1) is 13.5. The quantitative estimate of drug-likeness (QED) is 0.531. The van der Waals surface area contributed by atoms with E-state index in [4.69, 9.17) is 10.2 Å². The average molecular weight is 266 g/mol. The van der Waals surface area contributed by atoms with Crippen molar-refractivity contribution < 1.29 is 93.8 Å². The SMILES string of the molecule is O=C(O)CC(O)C(=O)[O-].[Cs+]. The van der Waals surface area contributed by atoms with Crippen molar-refractivity contribution in [3.63, 3.8) is 0 Å². The van der Waals surface area contributed by atoms with Crippen molar-refractivity contribution in [2.45, 2.75) is 12.5 Å². The van der Waals surface area contributed by atoms with Gasteiger partial charge in [-0.15, -0.1) is 0 Å². The number of aliphatic hydroxyl groups is 1. The summed E-state index contributed by atoms with van der Waals surface area (Å²) in [6, 6.07) is 0. The summed E-state index contributed by atoms with van der Waals surface area (Å²) in [4.78, 5) is 19.3. The summed E-state index contributed by atoms with van der Waals surface area (Å²) in [6.45, 7) is 0. The number of carbonyl (C=O) groups excluding carboxylic acids is 1. The number of carboxylic acid groups (broad SMARTS) is 2. The van der Waals surface area contributed by atoms with Gasteiger partial charge in [0.05, 0.1) is 12.4 Å². The van der Waals surface area contributed by atoms with E-state index in [9.17, 15) is 14.7 Å². The molecule has 0 aromatic rings. The van der Waals surface area contributed by atoms with Crippen LogP contribution >= 0.6 is 0 Å². The summed E-state index contributed by atoms with van der Waals surface area (Å²) in [5.41, 5.74) is 0. The molecule has 0 radical (unpaired) electrons. The Hall–Kier alpha value is 0.952. The van der Waals surface area contributed by atoms with Crippen LogP contribution in [0, 0.1) is 0 Å². The summed E-state index contributed by atoms with van der Waals surface area (Å²) >= 11 is 0. The summed E-state index contributed by atoms with van der Waals surface area (Å²) in [5, 5.41) is 25.7. The maximum absolute atomic E-state index is 9.66. The van der Waals surface area contributed by atoms with Crippen LogP contribution in [0.5, 0.6) is 0 Å². The molecular weight excluding hydrogens is 261 g/mol. The normalized spacial score (nSPS) is 11.3. The number of hydrogen-bond donors (Lipinski definition) is 2. The van der Waals surface area contributed by atoms with Crippen molar-refractivity contribution in [3.05, 3.63) is 0 Å². The second kappa shape index (κ2) is 6.65. The predicted octanol–water partition coefficient (Wildman–Crippen LogP) is -5.42. The monoisotopic (exact) mass is 266 g/mol. The second-order valence-corrected chi connectivity index (χ2v) is 1.43. The fourth-order valence-corrected chi connectivity index (χ4v) is 0.249. The minimum absolute atomic E-state index is 0. The molecule has 0 rings (SSSR count). The van der Waals surface area contributed by atoms with Crippen LogP contribution in [0.25, 0.3) is 0 Å². The van der Waals surface area contributed by atoms with Gasteiger partial charge in [0.15, 0.2) is 0 Å². The molecule has 0 bridgehead atoms. The Morgan fingerprint density at radius 2 is 1.90 bits per heavy atom. The first-order valence-electron chi connectivity index (χ1n) is 2.14. The van der Waals surface area contributed by atoms with Gasteiger partial charge in [-0.2, -0.15) is 0 Å². The molecule has 0 saturated heterocycles. The van der Waals surface area contributed by atoms with Crippen LogP contribution in [-0.4, -0.2) is 28.3 Å². The van der Waals surface area contributed by atoms with E-state index in [1.54, 1.807) is 0 Å². The van der Waals surface area contributed by atoms with E-state index in [0.29, 0.717) is 0 Å². The van der Waals surface area contributed by atoms with Gasteiger partial charge in [0.2, 0.25) is 0 Å². The van der Waals surface area contributed by atoms with Crippen LogP contribution in [0.4, 0.5) is 0 Å². The number of hydrogen-bond acceptors (Lipinski definition) is 4. The van der Waals surface area contributed by atoms with Gasteiger partial charge < -0.3 is 20.1 Å². The Bertz CT molecular complexity index is 134. The van der Waals surface area contributed by atoms with Crippen molar-refractivity contribution in [2.24, 2.45) is 0 Å². The Morgan fingerprint density at radius 3 is 2.00 bits per heavy atom. The number of carboxylic acids is 2. The number of aliphatic hydroxyl groups excluding tert-OH is 1. The number of carbonyl (C=O) groups is 2. The minimum Gasteiger partial charge on any atom is -0.547 e. The summed E-state index contributed by atoms with van der Waals surface area (Å²) in [6.07, 6.45) is -2.72. The zero-order valence-electron chi connectivity index (χ0n) is 5.40. The van der Waals surface area contributed by atoms with Gasteiger partial charge in [-0.3, -0.25) is 4.79 Å². The number of aliphatic carboxylic acids is 2. The molecule has 1 atom stereocenters. The third kappa shape index (κ3) is 7.06. The van der Waals surface area contributed by atoms with E-state index >= 15 is 0 Å². The molecule has 0 saturated carbocycles. The van der Waals surface area contributed by atoms with Crippen LogP contribution < -0.4 is 74.0 Å². The largest absolute Gasteiger partial charge is 1.00 e. The van der Waals surface area contributed by atoms with Crippen molar-refractivity contribution in [1.82, 2.24) is 0 Å². The zero-order valence-corrected chi connectivity index (χ0v) is 11.7. The van der Waals surface area contributed by atoms with Crippen LogP contribution in [-0.2, 0) is 9.59 Å². The van der Waals surface area contributed by atoms with E-state index in [2.05, 4.69) is 0 Å². The Morgan fingerprint density at radius 1 is 1.50 bits per heavy atom. The summed E-state index contributed by atoms with van der Waals surface area (Å²) in [5.74, 6) is -3.14. The zero-order chi connectivity index (χ0) is 7.44. The van der Waals surface area contributed by atoms with Gasteiger partial charge in [-0.1, -0.05) is 0 Å². The molecule has 0 aliphatic carbocycles. The predicted molar refractivity (Wildman–Crippen MR) is 23.3 cm³/mol. The minimum atomic E-state index is -1.90. The molecule has 0 amide bonds. The van der Waals surface area contributed by atoms with Crippen molar-refractivity contribution in [2.75, 3.05) is 0 Å². The third-order valence-corrected chi connectivity index (χ3v) is 0.640. The molecule has 2 N–H and O–H groups in total. The van der Waals surface area contributed by atoms with Crippen molar-refractivity contribution >= 4 is 11.9 Å². The van der Waals surface area contributed by atoms with Gasteiger partial charge in [0, 0.05) is 0 Å². The number of rotatable bonds is 3. The third-order valence-electron chi connectivity index (χ3n) is 0.640. The van der Waals surface area contributed by atoms with Crippen LogP contribution in [0.2, 0.25) is 0 Å². The molecule has 0 aromatic heterocycles. The summed E-state index contributed by atoms with van der Waals surface area (Å²) in [7, 11) is 0.